The molecule has 0 amide bonds. The third kappa shape index (κ3) is 4.15. The molecule has 30 heavy (non-hydrogen) atoms. The summed E-state index contributed by atoms with van der Waals surface area (Å²) in [7, 11) is 0. The van der Waals surface area contributed by atoms with Crippen LogP contribution < -0.4 is 0 Å². The van der Waals surface area contributed by atoms with Gasteiger partial charge in [0.2, 0.25) is 5.78 Å². The molecule has 0 aliphatic rings. The van der Waals surface area contributed by atoms with Crippen molar-refractivity contribution in [1.29, 1.82) is 5.26 Å². The number of hydrogen-bond acceptors (Lipinski definition) is 6. The van der Waals surface area contributed by atoms with E-state index in [0.717, 1.165) is 6.07 Å². The number of nitriles is 1. The Labute approximate surface area is 170 Å². The number of nitro benzene ring substituents is 1. The zero-order valence-electron chi connectivity index (χ0n) is 15.7. The average Bonchev–Trinajstić information content (AvgIpc) is 3.19. The lowest BCUT2D eigenvalue weighted by molar-refractivity contribution is -0.384. The number of ketones is 1. The topological polar surface area (TPSA) is 134 Å². The van der Waals surface area contributed by atoms with Crippen molar-refractivity contribution in [3.05, 3.63) is 92.7 Å². The van der Waals surface area contributed by atoms with Crippen molar-refractivity contribution in [2.24, 2.45) is 0 Å². The molecule has 0 spiro atoms. The van der Waals surface area contributed by atoms with E-state index in [4.69, 9.17) is 9.52 Å². The molecule has 3 rings (SSSR count). The van der Waals surface area contributed by atoms with E-state index in [9.17, 15) is 25.0 Å². The van der Waals surface area contributed by atoms with E-state index < -0.39 is 16.7 Å². The number of carbonyl (C=O) groups excluding carboxylic acids is 1. The molecule has 3 aromatic rings. The van der Waals surface area contributed by atoms with Crippen LogP contribution in [0.3, 0.4) is 0 Å². The van der Waals surface area contributed by atoms with Crippen molar-refractivity contribution in [2.45, 2.75) is 6.92 Å². The third-order valence-corrected chi connectivity index (χ3v) is 4.34. The van der Waals surface area contributed by atoms with Gasteiger partial charge in [-0.2, -0.15) is 5.26 Å². The number of non-ortho nitro benzene ring substituents is 1. The summed E-state index contributed by atoms with van der Waals surface area (Å²) < 4.78 is 5.70. The molecule has 0 fully saturated rings. The van der Waals surface area contributed by atoms with Gasteiger partial charge in [0.25, 0.3) is 5.69 Å². The van der Waals surface area contributed by atoms with Crippen LogP contribution >= 0.6 is 0 Å². The Balaban J connectivity index is 1.91. The molecule has 8 nitrogen and oxygen atoms in total. The molecule has 0 radical (unpaired) electrons. The number of carboxylic acids is 1. The second kappa shape index (κ2) is 8.24. The van der Waals surface area contributed by atoms with Gasteiger partial charge in [-0.25, -0.2) is 4.79 Å². The molecule has 2 aromatic carbocycles. The highest BCUT2D eigenvalue weighted by molar-refractivity contribution is 6.14. The normalized spacial score (nSPS) is 11.0. The van der Waals surface area contributed by atoms with Crippen LogP contribution in [0.1, 0.15) is 32.0 Å². The Morgan fingerprint density at radius 2 is 1.90 bits per heavy atom. The Kier molecular flexibility index (Phi) is 5.56. The number of nitrogens with zero attached hydrogens (tertiary/aromatic N) is 2. The highest BCUT2D eigenvalue weighted by Crippen LogP contribution is 2.28. The number of carbonyl (C=O) groups is 2. The number of rotatable bonds is 6. The number of furan rings is 1. The number of allylic oxidation sites excluding steroid dienone is 1. The average molecular weight is 402 g/mol. The molecular formula is C22H14N2O6. The minimum Gasteiger partial charge on any atom is -0.478 e. The first-order valence-corrected chi connectivity index (χ1v) is 8.65. The molecular weight excluding hydrogens is 388 g/mol. The molecule has 148 valence electrons. The van der Waals surface area contributed by atoms with Crippen LogP contribution in [0.25, 0.3) is 17.4 Å². The fourth-order valence-electron chi connectivity index (χ4n) is 2.86. The van der Waals surface area contributed by atoms with Gasteiger partial charge in [0, 0.05) is 29.3 Å². The minimum absolute atomic E-state index is 0.0175. The lowest BCUT2D eigenvalue weighted by Gasteiger charge is -2.04. The standard InChI is InChI=1S/C22H14N2O6/c1-13-9-15(22(26)27)5-7-19(13)20-8-6-18(30-20)11-16(12-23)21(25)14-3-2-4-17(10-14)24(28)29/h2-11H,1H3,(H,26,27)/b16-11+. The van der Waals surface area contributed by atoms with Crippen molar-refractivity contribution in [3.63, 3.8) is 0 Å². The number of aryl methyl sites for hydroxylation is 1. The number of Topliss-reactive ketones (excluding diaryl/α,β-unsaturated/α-hetero) is 1. The largest absolute Gasteiger partial charge is 0.478 e. The maximum atomic E-state index is 12.6. The van der Waals surface area contributed by atoms with E-state index in [-0.39, 0.29) is 28.1 Å². The van der Waals surface area contributed by atoms with Crippen molar-refractivity contribution in [1.82, 2.24) is 0 Å². The minimum atomic E-state index is -1.04. The van der Waals surface area contributed by atoms with E-state index in [1.165, 1.54) is 36.4 Å². The second-order valence-corrected chi connectivity index (χ2v) is 6.34. The van der Waals surface area contributed by atoms with Crippen LogP contribution in [0.4, 0.5) is 5.69 Å². The summed E-state index contributed by atoms with van der Waals surface area (Å²) in [5.74, 6) is -1.02. The second-order valence-electron chi connectivity index (χ2n) is 6.34. The first-order valence-electron chi connectivity index (χ1n) is 8.65. The first kappa shape index (κ1) is 20.2. The molecule has 0 saturated heterocycles. The van der Waals surface area contributed by atoms with Gasteiger partial charge in [-0.05, 0) is 36.8 Å². The molecule has 0 aliphatic heterocycles. The fraction of sp³-hybridized carbons (Fsp3) is 0.0455. The lowest BCUT2D eigenvalue weighted by atomic mass is 10.0. The summed E-state index contributed by atoms with van der Waals surface area (Å²) in [5, 5.41) is 29.3. The molecule has 1 heterocycles. The zero-order chi connectivity index (χ0) is 21.8. The maximum Gasteiger partial charge on any atom is 0.335 e. The van der Waals surface area contributed by atoms with Gasteiger partial charge in [0.1, 0.15) is 23.2 Å². The van der Waals surface area contributed by atoms with Gasteiger partial charge in [0.15, 0.2) is 0 Å². The predicted molar refractivity (Wildman–Crippen MR) is 107 cm³/mol. The smallest absolute Gasteiger partial charge is 0.335 e. The van der Waals surface area contributed by atoms with Crippen LogP contribution in [0.2, 0.25) is 0 Å². The van der Waals surface area contributed by atoms with Gasteiger partial charge in [-0.15, -0.1) is 0 Å². The molecule has 1 aromatic heterocycles. The van der Waals surface area contributed by atoms with E-state index in [1.807, 2.05) is 0 Å². The van der Waals surface area contributed by atoms with Gasteiger partial charge in [0.05, 0.1) is 10.5 Å². The van der Waals surface area contributed by atoms with Crippen LogP contribution in [-0.4, -0.2) is 21.8 Å². The van der Waals surface area contributed by atoms with Gasteiger partial charge in [-0.1, -0.05) is 18.2 Å². The van der Waals surface area contributed by atoms with Crippen molar-refractivity contribution in [2.75, 3.05) is 0 Å². The number of aromatic carboxylic acids is 1. The summed E-state index contributed by atoms with van der Waals surface area (Å²) in [6.45, 7) is 1.74. The summed E-state index contributed by atoms with van der Waals surface area (Å²) in [6, 6.07) is 14.7. The molecule has 0 atom stereocenters. The zero-order valence-corrected chi connectivity index (χ0v) is 15.7. The number of carboxylic acid groups (broad SMARTS) is 1. The lowest BCUT2D eigenvalue weighted by Crippen LogP contribution is -2.02. The summed E-state index contributed by atoms with van der Waals surface area (Å²) >= 11 is 0. The first-order chi connectivity index (χ1) is 14.3. The molecule has 0 unspecified atom stereocenters. The van der Waals surface area contributed by atoms with Crippen LogP contribution in [0.5, 0.6) is 0 Å². The summed E-state index contributed by atoms with van der Waals surface area (Å²) in [6.07, 6.45) is 1.26. The Hall–Kier alpha value is -4.51. The number of benzene rings is 2. The summed E-state index contributed by atoms with van der Waals surface area (Å²) in [5.41, 5.74) is 1.03. The fourth-order valence-corrected chi connectivity index (χ4v) is 2.86. The van der Waals surface area contributed by atoms with Gasteiger partial charge in [-0.3, -0.25) is 14.9 Å². The van der Waals surface area contributed by atoms with Gasteiger partial charge < -0.3 is 9.52 Å². The van der Waals surface area contributed by atoms with Crippen molar-refractivity contribution in [3.8, 4) is 17.4 Å². The molecule has 8 heteroatoms. The molecule has 0 saturated carbocycles. The Morgan fingerprint density at radius 3 is 2.53 bits per heavy atom. The van der Waals surface area contributed by atoms with E-state index in [2.05, 4.69) is 0 Å². The molecule has 1 N–H and O–H groups in total. The van der Waals surface area contributed by atoms with Crippen molar-refractivity contribution < 1.29 is 24.0 Å². The highest BCUT2D eigenvalue weighted by atomic mass is 16.6. The van der Waals surface area contributed by atoms with E-state index >= 15 is 0 Å². The summed E-state index contributed by atoms with van der Waals surface area (Å²) in [4.78, 5) is 33.9. The number of nitro groups is 1. The quantitative estimate of drug-likeness (QED) is 0.208. The Morgan fingerprint density at radius 1 is 1.13 bits per heavy atom. The molecule has 0 aliphatic carbocycles. The SMILES string of the molecule is Cc1cc(C(=O)O)ccc1-c1ccc(/C=C(\C#N)C(=O)c2cccc([N+](=O)[O-])c2)o1. The van der Waals surface area contributed by atoms with Crippen LogP contribution in [0, 0.1) is 28.4 Å². The molecule has 0 bridgehead atoms. The predicted octanol–water partition coefficient (Wildman–Crippen LogP) is 4.65. The van der Waals surface area contributed by atoms with E-state index in [0.29, 0.717) is 16.9 Å². The van der Waals surface area contributed by atoms with Crippen LogP contribution in [-0.2, 0) is 0 Å². The monoisotopic (exact) mass is 402 g/mol. The van der Waals surface area contributed by atoms with E-state index in [1.54, 1.807) is 31.2 Å². The van der Waals surface area contributed by atoms with Crippen LogP contribution in [0.15, 0.2) is 64.6 Å². The van der Waals surface area contributed by atoms with Gasteiger partial charge >= 0.3 is 5.97 Å². The Bertz CT molecular complexity index is 1250. The highest BCUT2D eigenvalue weighted by Gasteiger charge is 2.17. The number of hydrogen-bond donors (Lipinski definition) is 1. The maximum absolute atomic E-state index is 12.6. The third-order valence-electron chi connectivity index (χ3n) is 4.34. The van der Waals surface area contributed by atoms with Crippen molar-refractivity contribution >= 4 is 23.5 Å².